The van der Waals surface area contributed by atoms with Gasteiger partial charge in [0.15, 0.2) is 5.58 Å². The average Bonchev–Trinajstić information content (AvgIpc) is 3.34. The number of carbonyl (C=O) groups is 2. The van der Waals surface area contributed by atoms with E-state index in [1.165, 1.54) is 0 Å². The van der Waals surface area contributed by atoms with E-state index in [1.807, 2.05) is 24.3 Å². The van der Waals surface area contributed by atoms with E-state index < -0.39 is 0 Å². The molecule has 1 saturated carbocycles. The topological polar surface area (TPSA) is 84.2 Å². The van der Waals surface area contributed by atoms with Gasteiger partial charge in [-0.2, -0.15) is 0 Å². The van der Waals surface area contributed by atoms with Crippen LogP contribution in [0.3, 0.4) is 0 Å². The zero-order chi connectivity index (χ0) is 17.2. The number of benzene rings is 2. The lowest BCUT2D eigenvalue weighted by Crippen LogP contribution is -2.25. The number of fused-ring (bicyclic) bond motifs is 1. The van der Waals surface area contributed by atoms with Gasteiger partial charge in [-0.1, -0.05) is 23.4 Å². The first-order chi connectivity index (χ1) is 12.2. The largest absolute Gasteiger partial charge is 0.356 e. The van der Waals surface area contributed by atoms with Crippen LogP contribution in [0.25, 0.3) is 11.0 Å². The van der Waals surface area contributed by atoms with Crippen molar-refractivity contribution in [1.29, 1.82) is 0 Å². The molecule has 1 heterocycles. The second-order valence-electron chi connectivity index (χ2n) is 6.18. The lowest BCUT2D eigenvalue weighted by Gasteiger charge is -2.07. The van der Waals surface area contributed by atoms with Gasteiger partial charge in [0.05, 0.1) is 6.42 Å². The zero-order valence-corrected chi connectivity index (χ0v) is 13.5. The van der Waals surface area contributed by atoms with Gasteiger partial charge in [0.25, 0.3) is 5.91 Å². The zero-order valence-electron chi connectivity index (χ0n) is 13.5. The second kappa shape index (κ2) is 6.39. The summed E-state index contributed by atoms with van der Waals surface area (Å²) < 4.78 is 5.21. The highest BCUT2D eigenvalue weighted by molar-refractivity contribution is 5.98. The summed E-state index contributed by atoms with van der Waals surface area (Å²) in [6.45, 7) is 0. The van der Waals surface area contributed by atoms with Crippen molar-refractivity contribution >= 4 is 28.5 Å². The Morgan fingerprint density at radius 2 is 1.96 bits per heavy atom. The van der Waals surface area contributed by atoms with Gasteiger partial charge in [-0.05, 0) is 43.2 Å². The fourth-order valence-electron chi connectivity index (χ4n) is 2.66. The number of aromatic nitrogens is 1. The molecule has 2 aromatic carbocycles. The second-order valence-corrected chi connectivity index (χ2v) is 6.18. The van der Waals surface area contributed by atoms with Crippen LogP contribution in [0.1, 0.15) is 28.9 Å². The van der Waals surface area contributed by atoms with E-state index in [1.54, 1.807) is 24.3 Å². The molecule has 1 fully saturated rings. The predicted molar refractivity (Wildman–Crippen MR) is 93.3 cm³/mol. The SMILES string of the molecule is O=C(Cc1noc2ccccc12)Nc1cccc(C(=O)NC2CC2)c1. The molecule has 6 heteroatoms. The van der Waals surface area contributed by atoms with Gasteiger partial charge < -0.3 is 15.2 Å². The molecule has 0 aliphatic heterocycles. The minimum Gasteiger partial charge on any atom is -0.356 e. The standard InChI is InChI=1S/C19H17N3O3/c23-18(11-16-15-6-1-2-7-17(15)25-22-16)20-14-5-3-4-12(10-14)19(24)21-13-8-9-13/h1-7,10,13H,8-9,11H2,(H,20,23)(H,21,24). The summed E-state index contributed by atoms with van der Waals surface area (Å²) in [4.78, 5) is 24.4. The van der Waals surface area contributed by atoms with Gasteiger partial charge in [0.1, 0.15) is 5.69 Å². The van der Waals surface area contributed by atoms with Crippen molar-refractivity contribution in [1.82, 2.24) is 10.5 Å². The molecule has 2 N–H and O–H groups in total. The molecular weight excluding hydrogens is 318 g/mol. The molecule has 0 saturated heterocycles. The smallest absolute Gasteiger partial charge is 0.251 e. The Hall–Kier alpha value is -3.15. The van der Waals surface area contributed by atoms with Crippen molar-refractivity contribution in [3.8, 4) is 0 Å². The lowest BCUT2D eigenvalue weighted by atomic mass is 10.1. The van der Waals surface area contributed by atoms with Crippen LogP contribution in [-0.2, 0) is 11.2 Å². The molecule has 2 amide bonds. The maximum absolute atomic E-state index is 12.3. The van der Waals surface area contributed by atoms with Crippen molar-refractivity contribution in [2.75, 3.05) is 5.32 Å². The fraction of sp³-hybridized carbons (Fsp3) is 0.211. The molecule has 3 aromatic rings. The maximum atomic E-state index is 12.3. The quantitative estimate of drug-likeness (QED) is 0.751. The number of amides is 2. The number of carbonyl (C=O) groups excluding carboxylic acids is 2. The van der Waals surface area contributed by atoms with Crippen LogP contribution in [0.4, 0.5) is 5.69 Å². The molecule has 0 unspecified atom stereocenters. The predicted octanol–water partition coefficient (Wildman–Crippen LogP) is 2.90. The van der Waals surface area contributed by atoms with Gasteiger partial charge in [0.2, 0.25) is 5.91 Å². The number of nitrogens with zero attached hydrogens (tertiary/aromatic N) is 1. The van der Waals surface area contributed by atoms with E-state index >= 15 is 0 Å². The molecule has 0 radical (unpaired) electrons. The maximum Gasteiger partial charge on any atom is 0.251 e. The van der Waals surface area contributed by atoms with Gasteiger partial charge in [-0.15, -0.1) is 0 Å². The van der Waals surface area contributed by atoms with Gasteiger partial charge in [-0.25, -0.2) is 0 Å². The Labute approximate surface area is 144 Å². The summed E-state index contributed by atoms with van der Waals surface area (Å²) in [5.74, 6) is -0.320. The van der Waals surface area contributed by atoms with E-state index in [-0.39, 0.29) is 18.2 Å². The molecule has 1 aliphatic rings. The summed E-state index contributed by atoms with van der Waals surface area (Å²) in [6, 6.07) is 14.6. The molecule has 0 spiro atoms. The van der Waals surface area contributed by atoms with Crippen molar-refractivity contribution < 1.29 is 14.1 Å². The Morgan fingerprint density at radius 1 is 1.12 bits per heavy atom. The van der Waals surface area contributed by atoms with E-state index in [2.05, 4.69) is 15.8 Å². The van der Waals surface area contributed by atoms with Crippen molar-refractivity contribution in [2.45, 2.75) is 25.3 Å². The normalized spacial score (nSPS) is 13.6. The molecular formula is C19H17N3O3. The van der Waals surface area contributed by atoms with Crippen LogP contribution in [-0.4, -0.2) is 23.0 Å². The van der Waals surface area contributed by atoms with Crippen LogP contribution in [0.2, 0.25) is 0 Å². The van der Waals surface area contributed by atoms with E-state index in [4.69, 9.17) is 4.52 Å². The first-order valence-electron chi connectivity index (χ1n) is 8.23. The number of para-hydroxylation sites is 1. The fourth-order valence-corrected chi connectivity index (χ4v) is 2.66. The number of rotatable bonds is 5. The van der Waals surface area contributed by atoms with Crippen LogP contribution in [0.15, 0.2) is 53.1 Å². The molecule has 4 rings (SSSR count). The highest BCUT2D eigenvalue weighted by Gasteiger charge is 2.23. The molecule has 1 aromatic heterocycles. The van der Waals surface area contributed by atoms with Crippen LogP contribution >= 0.6 is 0 Å². The first kappa shape index (κ1) is 15.4. The van der Waals surface area contributed by atoms with E-state index in [9.17, 15) is 9.59 Å². The third-order valence-electron chi connectivity index (χ3n) is 4.10. The average molecular weight is 335 g/mol. The highest BCUT2D eigenvalue weighted by Crippen LogP contribution is 2.21. The third kappa shape index (κ3) is 3.52. The molecule has 126 valence electrons. The van der Waals surface area contributed by atoms with Crippen LogP contribution < -0.4 is 10.6 Å². The number of hydrogen-bond acceptors (Lipinski definition) is 4. The number of anilines is 1. The molecule has 6 nitrogen and oxygen atoms in total. The van der Waals surface area contributed by atoms with Crippen LogP contribution in [0, 0.1) is 0 Å². The molecule has 25 heavy (non-hydrogen) atoms. The molecule has 0 bridgehead atoms. The Bertz CT molecular complexity index is 944. The Balaban J connectivity index is 1.44. The summed E-state index contributed by atoms with van der Waals surface area (Å²) in [5, 5.41) is 10.5. The third-order valence-corrected chi connectivity index (χ3v) is 4.10. The minimum atomic E-state index is -0.209. The number of hydrogen-bond donors (Lipinski definition) is 2. The summed E-state index contributed by atoms with van der Waals surface area (Å²) in [5.41, 5.74) is 2.37. The summed E-state index contributed by atoms with van der Waals surface area (Å²) in [7, 11) is 0. The van der Waals surface area contributed by atoms with Crippen LogP contribution in [0.5, 0.6) is 0 Å². The first-order valence-corrected chi connectivity index (χ1v) is 8.23. The Morgan fingerprint density at radius 3 is 2.80 bits per heavy atom. The Kier molecular flexibility index (Phi) is 3.93. The van der Waals surface area contributed by atoms with Crippen molar-refractivity contribution in [3.05, 3.63) is 59.8 Å². The highest BCUT2D eigenvalue weighted by atomic mass is 16.5. The molecule has 0 atom stereocenters. The van der Waals surface area contributed by atoms with E-state index in [0.717, 1.165) is 18.2 Å². The lowest BCUT2D eigenvalue weighted by molar-refractivity contribution is -0.115. The summed E-state index contributed by atoms with van der Waals surface area (Å²) >= 11 is 0. The number of nitrogens with one attached hydrogen (secondary N) is 2. The van der Waals surface area contributed by atoms with Crippen molar-refractivity contribution in [2.24, 2.45) is 0 Å². The molecule has 1 aliphatic carbocycles. The minimum absolute atomic E-state index is 0.107. The van der Waals surface area contributed by atoms with E-state index in [0.29, 0.717) is 28.6 Å². The summed E-state index contributed by atoms with van der Waals surface area (Å²) in [6.07, 6.45) is 2.18. The van der Waals surface area contributed by atoms with Crippen molar-refractivity contribution in [3.63, 3.8) is 0 Å². The van der Waals surface area contributed by atoms with Gasteiger partial charge in [-0.3, -0.25) is 9.59 Å². The monoisotopic (exact) mass is 335 g/mol. The van der Waals surface area contributed by atoms with Gasteiger partial charge >= 0.3 is 0 Å². The van der Waals surface area contributed by atoms with Gasteiger partial charge in [0, 0.05) is 22.7 Å².